The van der Waals surface area contributed by atoms with E-state index in [9.17, 15) is 4.79 Å². The first-order valence-corrected chi connectivity index (χ1v) is 9.03. The molecule has 1 aliphatic rings. The maximum Gasteiger partial charge on any atom is 0.185 e. The number of ether oxygens (including phenoxy) is 3. The molecule has 0 bridgehead atoms. The predicted octanol–water partition coefficient (Wildman–Crippen LogP) is 3.43. The minimum atomic E-state index is -0.0308. The molecular formula is C22H25NO4. The number of rotatable bonds is 7. The van der Waals surface area contributed by atoms with E-state index in [-0.39, 0.29) is 5.78 Å². The lowest BCUT2D eigenvalue weighted by Crippen LogP contribution is -2.35. The highest BCUT2D eigenvalue weighted by atomic mass is 16.5. The van der Waals surface area contributed by atoms with E-state index in [1.807, 2.05) is 48.5 Å². The highest BCUT2D eigenvalue weighted by molar-refractivity contribution is 6.07. The summed E-state index contributed by atoms with van der Waals surface area (Å²) < 4.78 is 16.0. The fourth-order valence-corrected chi connectivity index (χ4v) is 3.04. The van der Waals surface area contributed by atoms with Crippen molar-refractivity contribution in [3.8, 4) is 11.5 Å². The number of carbonyl (C=O) groups excluding carboxylic acids is 1. The van der Waals surface area contributed by atoms with Gasteiger partial charge in [0.15, 0.2) is 5.78 Å². The summed E-state index contributed by atoms with van der Waals surface area (Å²) in [5.74, 6) is 1.57. The monoisotopic (exact) mass is 367 g/mol. The van der Waals surface area contributed by atoms with Crippen LogP contribution in [0.2, 0.25) is 0 Å². The van der Waals surface area contributed by atoms with Crippen LogP contribution in [0.15, 0.2) is 48.5 Å². The normalized spacial score (nSPS) is 15.0. The van der Waals surface area contributed by atoms with Gasteiger partial charge in [0.25, 0.3) is 0 Å². The minimum Gasteiger partial charge on any atom is -0.497 e. The molecule has 0 spiro atoms. The number of hydrogen-bond acceptors (Lipinski definition) is 5. The average Bonchev–Trinajstić information content (AvgIpc) is 2.73. The fourth-order valence-electron chi connectivity index (χ4n) is 3.04. The van der Waals surface area contributed by atoms with E-state index >= 15 is 0 Å². The molecule has 27 heavy (non-hydrogen) atoms. The van der Waals surface area contributed by atoms with Crippen molar-refractivity contribution in [2.24, 2.45) is 0 Å². The molecule has 0 aliphatic carbocycles. The smallest absolute Gasteiger partial charge is 0.185 e. The number of benzene rings is 2. The van der Waals surface area contributed by atoms with E-state index in [0.29, 0.717) is 5.56 Å². The molecule has 0 radical (unpaired) electrons. The van der Waals surface area contributed by atoms with E-state index < -0.39 is 0 Å². The Hall–Kier alpha value is -2.63. The van der Waals surface area contributed by atoms with Crippen molar-refractivity contribution in [2.75, 3.05) is 40.5 Å². The summed E-state index contributed by atoms with van der Waals surface area (Å²) in [5, 5.41) is 0. The molecule has 5 nitrogen and oxygen atoms in total. The standard InChI is InChI=1S/C22H25NO4/c1-25-20-7-3-17(4-8-20)5-9-21(24)18-6-10-22(26-2)19(15-18)16-23-11-13-27-14-12-23/h3-10,15H,11-14,16H2,1-2H3/b9-5+. The second-order valence-corrected chi connectivity index (χ2v) is 6.39. The molecule has 5 heteroatoms. The number of morpholine rings is 1. The van der Waals surface area contributed by atoms with E-state index in [0.717, 1.165) is 55.5 Å². The lowest BCUT2D eigenvalue weighted by molar-refractivity contribution is 0.0338. The Morgan fingerprint density at radius 3 is 2.48 bits per heavy atom. The number of methoxy groups -OCH3 is 2. The Kier molecular flexibility index (Phi) is 6.63. The van der Waals surface area contributed by atoms with Crippen LogP contribution in [0.25, 0.3) is 6.08 Å². The van der Waals surface area contributed by atoms with Crippen LogP contribution >= 0.6 is 0 Å². The second-order valence-electron chi connectivity index (χ2n) is 6.39. The molecule has 0 unspecified atom stereocenters. The first-order chi connectivity index (χ1) is 13.2. The van der Waals surface area contributed by atoms with Crippen LogP contribution in [-0.2, 0) is 11.3 Å². The third-order valence-corrected chi connectivity index (χ3v) is 4.61. The molecule has 1 saturated heterocycles. The van der Waals surface area contributed by atoms with Crippen molar-refractivity contribution in [3.05, 3.63) is 65.2 Å². The van der Waals surface area contributed by atoms with Gasteiger partial charge in [-0.1, -0.05) is 18.2 Å². The van der Waals surface area contributed by atoms with Crippen molar-refractivity contribution in [3.63, 3.8) is 0 Å². The van der Waals surface area contributed by atoms with Crippen LogP contribution in [0.1, 0.15) is 21.5 Å². The fraction of sp³-hybridized carbons (Fsp3) is 0.318. The first kappa shape index (κ1) is 19.1. The Bertz CT molecular complexity index is 792. The molecule has 2 aromatic rings. The van der Waals surface area contributed by atoms with Gasteiger partial charge in [0, 0.05) is 30.8 Å². The molecule has 1 fully saturated rings. The number of carbonyl (C=O) groups is 1. The van der Waals surface area contributed by atoms with E-state index in [1.165, 1.54) is 0 Å². The Morgan fingerprint density at radius 1 is 1.07 bits per heavy atom. The van der Waals surface area contributed by atoms with Crippen LogP contribution in [0, 0.1) is 0 Å². The van der Waals surface area contributed by atoms with Gasteiger partial charge in [-0.3, -0.25) is 9.69 Å². The van der Waals surface area contributed by atoms with Crippen molar-refractivity contribution in [2.45, 2.75) is 6.54 Å². The maximum atomic E-state index is 12.6. The van der Waals surface area contributed by atoms with Gasteiger partial charge in [0.2, 0.25) is 0 Å². The highest BCUT2D eigenvalue weighted by Crippen LogP contribution is 2.23. The molecule has 3 rings (SSSR count). The summed E-state index contributed by atoms with van der Waals surface area (Å²) >= 11 is 0. The van der Waals surface area contributed by atoms with Gasteiger partial charge >= 0.3 is 0 Å². The van der Waals surface area contributed by atoms with Crippen molar-refractivity contribution < 1.29 is 19.0 Å². The molecular weight excluding hydrogens is 342 g/mol. The number of hydrogen-bond donors (Lipinski definition) is 0. The first-order valence-electron chi connectivity index (χ1n) is 9.03. The summed E-state index contributed by atoms with van der Waals surface area (Å²) in [5.41, 5.74) is 2.62. The third-order valence-electron chi connectivity index (χ3n) is 4.61. The number of ketones is 1. The average molecular weight is 367 g/mol. The van der Waals surface area contributed by atoms with Crippen molar-refractivity contribution >= 4 is 11.9 Å². The minimum absolute atomic E-state index is 0.0308. The molecule has 0 amide bonds. The number of nitrogens with zero attached hydrogens (tertiary/aromatic N) is 1. The summed E-state index contributed by atoms with van der Waals surface area (Å²) in [6.07, 6.45) is 3.41. The van der Waals surface area contributed by atoms with Crippen LogP contribution in [0.4, 0.5) is 0 Å². The molecule has 0 atom stereocenters. The zero-order valence-electron chi connectivity index (χ0n) is 15.8. The van der Waals surface area contributed by atoms with Crippen LogP contribution in [0.3, 0.4) is 0 Å². The molecule has 1 heterocycles. The highest BCUT2D eigenvalue weighted by Gasteiger charge is 2.15. The van der Waals surface area contributed by atoms with Crippen LogP contribution in [-0.4, -0.2) is 51.2 Å². The predicted molar refractivity (Wildman–Crippen MR) is 105 cm³/mol. The molecule has 0 aromatic heterocycles. The summed E-state index contributed by atoms with van der Waals surface area (Å²) in [4.78, 5) is 14.9. The molecule has 1 aliphatic heterocycles. The van der Waals surface area contributed by atoms with Crippen LogP contribution < -0.4 is 9.47 Å². The Labute approximate surface area is 160 Å². The maximum absolute atomic E-state index is 12.6. The van der Waals surface area contributed by atoms with Gasteiger partial charge in [-0.2, -0.15) is 0 Å². The number of allylic oxidation sites excluding steroid dienone is 1. The molecule has 0 N–H and O–H groups in total. The van der Waals surface area contributed by atoms with Crippen molar-refractivity contribution in [1.82, 2.24) is 4.90 Å². The Balaban J connectivity index is 1.73. The molecule has 0 saturated carbocycles. The zero-order chi connectivity index (χ0) is 19.1. The van der Waals surface area contributed by atoms with Crippen LogP contribution in [0.5, 0.6) is 11.5 Å². The third kappa shape index (κ3) is 5.18. The van der Waals surface area contributed by atoms with Crippen molar-refractivity contribution in [1.29, 1.82) is 0 Å². The van der Waals surface area contributed by atoms with Gasteiger partial charge in [0.1, 0.15) is 11.5 Å². The Morgan fingerprint density at radius 2 is 1.81 bits per heavy atom. The molecule has 142 valence electrons. The van der Waals surface area contributed by atoms with Gasteiger partial charge < -0.3 is 14.2 Å². The topological polar surface area (TPSA) is 48.0 Å². The quantitative estimate of drug-likeness (QED) is 0.554. The van der Waals surface area contributed by atoms with Gasteiger partial charge in [-0.15, -0.1) is 0 Å². The molecule has 2 aromatic carbocycles. The van der Waals surface area contributed by atoms with Gasteiger partial charge in [0.05, 0.1) is 27.4 Å². The lowest BCUT2D eigenvalue weighted by atomic mass is 10.0. The van der Waals surface area contributed by atoms with Gasteiger partial charge in [-0.05, 0) is 42.0 Å². The summed E-state index contributed by atoms with van der Waals surface area (Å²) in [7, 11) is 3.29. The second kappa shape index (κ2) is 9.35. The van der Waals surface area contributed by atoms with E-state index in [2.05, 4.69) is 4.90 Å². The summed E-state index contributed by atoms with van der Waals surface area (Å²) in [6, 6.07) is 13.2. The zero-order valence-corrected chi connectivity index (χ0v) is 15.8. The van der Waals surface area contributed by atoms with E-state index in [1.54, 1.807) is 20.3 Å². The SMILES string of the molecule is COc1ccc(/C=C/C(=O)c2ccc(OC)c(CN3CCOCC3)c2)cc1. The van der Waals surface area contributed by atoms with E-state index in [4.69, 9.17) is 14.2 Å². The largest absolute Gasteiger partial charge is 0.497 e. The summed E-state index contributed by atoms with van der Waals surface area (Å²) in [6.45, 7) is 4.00. The lowest BCUT2D eigenvalue weighted by Gasteiger charge is -2.27. The van der Waals surface area contributed by atoms with Gasteiger partial charge in [-0.25, -0.2) is 0 Å².